The molecule has 0 aliphatic heterocycles. The summed E-state index contributed by atoms with van der Waals surface area (Å²) in [7, 11) is 1.59. The highest BCUT2D eigenvalue weighted by Crippen LogP contribution is 2.17. The van der Waals surface area contributed by atoms with Gasteiger partial charge in [0.05, 0.1) is 38.7 Å². The first-order valence-corrected chi connectivity index (χ1v) is 12.6. The highest BCUT2D eigenvalue weighted by Gasteiger charge is 2.21. The second kappa shape index (κ2) is 18.8. The van der Waals surface area contributed by atoms with E-state index in [-0.39, 0.29) is 12.6 Å². The smallest absolute Gasteiger partial charge is 0.426 e. The first-order valence-electron chi connectivity index (χ1n) is 12.3. The molecule has 11 nitrogen and oxygen atoms in total. The summed E-state index contributed by atoms with van der Waals surface area (Å²) in [5.41, 5.74) is 6.79. The third-order valence-corrected chi connectivity index (χ3v) is 5.53. The second-order valence-electron chi connectivity index (χ2n) is 7.96. The van der Waals surface area contributed by atoms with E-state index in [1.165, 1.54) is 0 Å². The summed E-state index contributed by atoms with van der Waals surface area (Å²) in [6.07, 6.45) is 7.82. The second-order valence-corrected chi connectivity index (χ2v) is 8.39. The van der Waals surface area contributed by atoms with Crippen molar-refractivity contribution >= 4 is 29.7 Å². The summed E-state index contributed by atoms with van der Waals surface area (Å²) in [5, 5.41) is 9.66. The number of rotatable bonds is 19. The van der Waals surface area contributed by atoms with Gasteiger partial charge in [0.1, 0.15) is 5.75 Å². The minimum absolute atomic E-state index is 0.0986. The van der Waals surface area contributed by atoms with Crippen molar-refractivity contribution in [2.45, 2.75) is 32.1 Å². The molecule has 1 aromatic heterocycles. The Morgan fingerprint density at radius 1 is 1.08 bits per heavy atom. The number of nitriles is 1. The zero-order valence-electron chi connectivity index (χ0n) is 21.5. The van der Waals surface area contributed by atoms with Crippen molar-refractivity contribution in [1.82, 2.24) is 0 Å². The quantitative estimate of drug-likeness (QED) is 0.0534. The number of hydrogen-bond acceptors (Lipinski definition) is 8. The van der Waals surface area contributed by atoms with Gasteiger partial charge in [-0.25, -0.2) is 0 Å². The maximum atomic E-state index is 10.9. The number of methoxy groups -OCH3 is 1. The average molecular weight is 549 g/mol. The number of hydrogen-bond donors (Lipinski definition) is 1. The van der Waals surface area contributed by atoms with Gasteiger partial charge in [-0.3, -0.25) is 9.53 Å². The van der Waals surface area contributed by atoms with Gasteiger partial charge in [-0.2, -0.15) is 5.26 Å². The summed E-state index contributed by atoms with van der Waals surface area (Å²) in [4.78, 5) is 16.4. The molecule has 0 saturated carbocycles. The van der Waals surface area contributed by atoms with Gasteiger partial charge in [0.15, 0.2) is 12.4 Å². The van der Waals surface area contributed by atoms with Gasteiger partial charge in [-0.15, -0.1) is 9.56 Å². The molecule has 0 aliphatic rings. The maximum absolute atomic E-state index is 10.9. The number of carbonyl (C=O) groups excluding carboxylic acids is 1. The Labute approximate surface area is 228 Å². The van der Waals surface area contributed by atoms with E-state index < -0.39 is 6.41 Å². The highest BCUT2D eigenvalue weighted by atomic mass is 35.5. The molecule has 2 aromatic rings. The van der Waals surface area contributed by atoms with Gasteiger partial charge in [0.2, 0.25) is 12.2 Å². The Balaban J connectivity index is 1.85. The first-order chi connectivity index (χ1) is 18.6. The number of nitrogens with zero attached hydrogens (tertiary/aromatic N) is 4. The predicted octanol–water partition coefficient (Wildman–Crippen LogP) is 3.18. The number of carbonyl (C=O) groups is 1. The number of pyridine rings is 1. The van der Waals surface area contributed by atoms with E-state index in [1.807, 2.05) is 12.1 Å². The molecule has 0 amide bonds. The molecule has 1 unspecified atom stereocenters. The van der Waals surface area contributed by atoms with Crippen LogP contribution in [0.3, 0.4) is 0 Å². The molecule has 1 heterocycles. The van der Waals surface area contributed by atoms with Gasteiger partial charge < -0.3 is 29.6 Å². The van der Waals surface area contributed by atoms with Gasteiger partial charge >= 0.3 is 6.41 Å². The summed E-state index contributed by atoms with van der Waals surface area (Å²) in [6, 6.07) is 10.8. The van der Waals surface area contributed by atoms with Crippen LogP contribution in [0.15, 0.2) is 53.8 Å². The number of nitrogens with two attached hydrogens (primary N) is 1. The van der Waals surface area contributed by atoms with Crippen LogP contribution < -0.4 is 19.9 Å². The Morgan fingerprint density at radius 3 is 2.47 bits per heavy atom. The fourth-order valence-electron chi connectivity index (χ4n) is 3.38. The lowest BCUT2D eigenvalue weighted by atomic mass is 10.2. The zero-order chi connectivity index (χ0) is 27.4. The normalized spacial score (nSPS) is 12.0. The number of guanidine groups is 1. The molecule has 2 rings (SSSR count). The Bertz CT molecular complexity index is 1000. The molecule has 0 bridgehead atoms. The fourth-order valence-corrected chi connectivity index (χ4v) is 3.51. The SMILES string of the molecule is COCCOCCOC(OC=O)[n+]1ccc(N(CCCCCCOc2ccc(Cl)cc2)C(N)=NC#N)cc1. The molecule has 38 heavy (non-hydrogen) atoms. The number of unbranched alkanes of at least 4 members (excludes halogenated alkanes) is 3. The Morgan fingerprint density at radius 2 is 1.79 bits per heavy atom. The molecule has 1 aromatic carbocycles. The van der Waals surface area contributed by atoms with Crippen LogP contribution in [0, 0.1) is 11.5 Å². The van der Waals surface area contributed by atoms with Crippen molar-refractivity contribution in [1.29, 1.82) is 5.26 Å². The Kier molecular flexibility index (Phi) is 15.2. The largest absolute Gasteiger partial charge is 0.494 e. The van der Waals surface area contributed by atoms with Crippen LogP contribution in [0.2, 0.25) is 5.02 Å². The van der Waals surface area contributed by atoms with E-state index in [0.29, 0.717) is 44.5 Å². The molecule has 0 saturated heterocycles. The van der Waals surface area contributed by atoms with Gasteiger partial charge in [0.25, 0.3) is 6.47 Å². The summed E-state index contributed by atoms with van der Waals surface area (Å²) < 4.78 is 28.2. The molecule has 0 radical (unpaired) electrons. The minimum Gasteiger partial charge on any atom is -0.494 e. The number of ether oxygens (including phenoxy) is 5. The third-order valence-electron chi connectivity index (χ3n) is 5.28. The van der Waals surface area contributed by atoms with Crippen molar-refractivity contribution in [3.8, 4) is 11.9 Å². The van der Waals surface area contributed by atoms with Crippen molar-refractivity contribution in [3.63, 3.8) is 0 Å². The van der Waals surface area contributed by atoms with Crippen molar-refractivity contribution < 1.29 is 33.0 Å². The van der Waals surface area contributed by atoms with Crippen LogP contribution >= 0.6 is 11.6 Å². The average Bonchev–Trinajstić information content (AvgIpc) is 2.93. The van der Waals surface area contributed by atoms with Crippen LogP contribution in [0.25, 0.3) is 0 Å². The van der Waals surface area contributed by atoms with Gasteiger partial charge in [-0.1, -0.05) is 24.4 Å². The van der Waals surface area contributed by atoms with E-state index in [4.69, 9.17) is 46.3 Å². The molecular formula is C26H35ClN5O6+. The predicted molar refractivity (Wildman–Crippen MR) is 141 cm³/mol. The monoisotopic (exact) mass is 548 g/mol. The van der Waals surface area contributed by atoms with E-state index in [0.717, 1.165) is 37.1 Å². The molecular weight excluding hydrogens is 514 g/mol. The van der Waals surface area contributed by atoms with E-state index in [1.54, 1.807) is 59.4 Å². The zero-order valence-corrected chi connectivity index (χ0v) is 22.3. The van der Waals surface area contributed by atoms with Gasteiger partial charge in [-0.05, 0) is 37.1 Å². The lowest BCUT2D eigenvalue weighted by molar-refractivity contribution is -0.799. The molecule has 0 aliphatic carbocycles. The topological polar surface area (TPSA) is 133 Å². The van der Waals surface area contributed by atoms with Crippen molar-refractivity contribution in [3.05, 3.63) is 53.8 Å². The number of aromatic nitrogens is 1. The summed E-state index contributed by atoms with van der Waals surface area (Å²) in [6.45, 7) is 2.98. The summed E-state index contributed by atoms with van der Waals surface area (Å²) in [5.74, 6) is 0.894. The Hall–Kier alpha value is -3.43. The number of aliphatic imine (C=N–C) groups is 1. The van der Waals surface area contributed by atoms with E-state index in [2.05, 4.69) is 4.99 Å². The lowest BCUT2D eigenvalue weighted by Gasteiger charge is -2.22. The third kappa shape index (κ3) is 11.7. The molecule has 12 heteroatoms. The van der Waals surface area contributed by atoms with Crippen LogP contribution in [0.1, 0.15) is 32.1 Å². The fraction of sp³-hybridized carbons (Fsp3) is 0.462. The number of halogens is 1. The molecule has 0 spiro atoms. The molecule has 1 atom stereocenters. The lowest BCUT2D eigenvalue weighted by Crippen LogP contribution is -2.43. The van der Waals surface area contributed by atoms with Crippen LogP contribution in [0.4, 0.5) is 5.69 Å². The van der Waals surface area contributed by atoms with Crippen molar-refractivity contribution in [2.24, 2.45) is 10.7 Å². The first kappa shape index (κ1) is 30.8. The van der Waals surface area contributed by atoms with E-state index >= 15 is 0 Å². The number of anilines is 1. The molecule has 2 N–H and O–H groups in total. The van der Waals surface area contributed by atoms with Crippen LogP contribution in [-0.2, 0) is 23.7 Å². The van der Waals surface area contributed by atoms with Crippen molar-refractivity contribution in [2.75, 3.05) is 51.6 Å². The minimum atomic E-state index is -0.957. The maximum Gasteiger partial charge on any atom is 0.426 e. The van der Waals surface area contributed by atoms with E-state index in [9.17, 15) is 4.79 Å². The molecule has 206 valence electrons. The summed E-state index contributed by atoms with van der Waals surface area (Å²) >= 11 is 5.89. The molecule has 0 fully saturated rings. The van der Waals surface area contributed by atoms with Crippen LogP contribution in [-0.4, -0.2) is 59.1 Å². The van der Waals surface area contributed by atoms with Gasteiger partial charge in [0, 0.05) is 30.8 Å². The van der Waals surface area contributed by atoms with Crippen LogP contribution in [0.5, 0.6) is 5.75 Å². The number of benzene rings is 1. The standard InChI is InChI=1S/C26H35ClN5O6/c1-34-16-17-35-18-19-37-26(38-21-33)31-13-10-23(11-14-31)32(25(29)30-20-28)12-4-2-3-5-15-36-24-8-6-22(27)7-9-24/h6-11,13-14,21,26H,2-5,12,15-19H2,1H3,(H2,29,30)/q+1. The highest BCUT2D eigenvalue weighted by molar-refractivity contribution is 6.30.